The molecule has 0 aliphatic heterocycles. The molecule has 2 rings (SSSR count). The van der Waals surface area contributed by atoms with Crippen molar-refractivity contribution in [3.05, 3.63) is 52.5 Å². The average molecular weight is 364 g/mol. The van der Waals surface area contributed by atoms with E-state index in [-0.39, 0.29) is 4.90 Å². The summed E-state index contributed by atoms with van der Waals surface area (Å²) in [4.78, 5) is 0.707. The standard InChI is InChI=1S/C13H11Cl2NO3S2/c1-19-10-3-5-11(6-4-10)21(17,18)16-20-13-7-2-9(14)8-12(13)15/h2-8,16H,1H3. The van der Waals surface area contributed by atoms with E-state index < -0.39 is 10.0 Å². The lowest BCUT2D eigenvalue weighted by atomic mass is 10.3. The predicted octanol–water partition coefficient (Wildman–Crippen LogP) is 3.99. The van der Waals surface area contributed by atoms with Crippen LogP contribution in [0.3, 0.4) is 0 Å². The van der Waals surface area contributed by atoms with Crippen LogP contribution in [0.1, 0.15) is 0 Å². The van der Waals surface area contributed by atoms with Crippen molar-refractivity contribution in [2.45, 2.75) is 9.79 Å². The van der Waals surface area contributed by atoms with Crippen LogP contribution in [0.4, 0.5) is 0 Å². The second-order valence-electron chi connectivity index (χ2n) is 3.94. The van der Waals surface area contributed by atoms with Crippen LogP contribution in [-0.4, -0.2) is 15.5 Å². The molecule has 0 saturated carbocycles. The Labute approximate surface area is 137 Å². The summed E-state index contributed by atoms with van der Waals surface area (Å²) in [7, 11) is -2.13. The van der Waals surface area contributed by atoms with Gasteiger partial charge in [-0.1, -0.05) is 23.2 Å². The number of hydrogen-bond acceptors (Lipinski definition) is 4. The Morgan fingerprint density at radius 2 is 1.76 bits per heavy atom. The molecule has 0 aromatic heterocycles. The third-order valence-corrected chi connectivity index (χ3v) is 5.86. The van der Waals surface area contributed by atoms with E-state index in [1.165, 1.54) is 19.2 Å². The van der Waals surface area contributed by atoms with Crippen molar-refractivity contribution in [3.63, 3.8) is 0 Å². The molecule has 4 nitrogen and oxygen atoms in total. The maximum Gasteiger partial charge on any atom is 0.250 e. The zero-order valence-corrected chi connectivity index (χ0v) is 14.0. The Bertz CT molecular complexity index is 734. The highest BCUT2D eigenvalue weighted by atomic mass is 35.5. The molecule has 1 N–H and O–H groups in total. The SMILES string of the molecule is COc1ccc(S(=O)(=O)NSc2ccc(Cl)cc2Cl)cc1. The lowest BCUT2D eigenvalue weighted by molar-refractivity contribution is 0.414. The van der Waals surface area contributed by atoms with Gasteiger partial charge in [0.15, 0.2) is 0 Å². The molecule has 0 unspecified atom stereocenters. The van der Waals surface area contributed by atoms with E-state index in [2.05, 4.69) is 4.13 Å². The molecule has 0 aliphatic rings. The minimum atomic E-state index is -3.64. The highest BCUT2D eigenvalue weighted by Gasteiger charge is 2.15. The summed E-state index contributed by atoms with van der Waals surface area (Å²) in [5, 5.41) is 0.868. The van der Waals surface area contributed by atoms with Gasteiger partial charge in [-0.05, 0) is 54.4 Å². The summed E-state index contributed by atoms with van der Waals surface area (Å²) in [5.74, 6) is 0.586. The predicted molar refractivity (Wildman–Crippen MR) is 85.6 cm³/mol. The normalized spacial score (nSPS) is 11.4. The molecule has 0 amide bonds. The Morgan fingerprint density at radius 3 is 2.33 bits per heavy atom. The van der Waals surface area contributed by atoms with Crippen LogP contribution in [-0.2, 0) is 10.0 Å². The monoisotopic (exact) mass is 363 g/mol. The quantitative estimate of drug-likeness (QED) is 0.816. The first kappa shape index (κ1) is 16.5. The first-order chi connectivity index (χ1) is 9.92. The first-order valence-electron chi connectivity index (χ1n) is 5.70. The average Bonchev–Trinajstić information content (AvgIpc) is 2.46. The zero-order chi connectivity index (χ0) is 15.5. The fraction of sp³-hybridized carbons (Fsp3) is 0.0769. The minimum Gasteiger partial charge on any atom is -0.497 e. The highest BCUT2D eigenvalue weighted by molar-refractivity contribution is 8.09. The van der Waals surface area contributed by atoms with Gasteiger partial charge in [-0.2, -0.15) is 0 Å². The molecule has 21 heavy (non-hydrogen) atoms. The smallest absolute Gasteiger partial charge is 0.250 e. The molecule has 0 heterocycles. The van der Waals surface area contributed by atoms with E-state index >= 15 is 0 Å². The number of hydrogen-bond donors (Lipinski definition) is 1. The summed E-state index contributed by atoms with van der Waals surface area (Å²) in [6.45, 7) is 0. The van der Waals surface area contributed by atoms with Crippen LogP contribution < -0.4 is 8.86 Å². The molecule has 112 valence electrons. The van der Waals surface area contributed by atoms with Gasteiger partial charge in [-0.15, -0.1) is 4.13 Å². The minimum absolute atomic E-state index is 0.140. The molecule has 0 atom stereocenters. The second-order valence-corrected chi connectivity index (χ2v) is 7.57. The van der Waals surface area contributed by atoms with Crippen molar-refractivity contribution >= 4 is 45.2 Å². The van der Waals surface area contributed by atoms with Crippen molar-refractivity contribution in [2.24, 2.45) is 0 Å². The highest BCUT2D eigenvalue weighted by Crippen LogP contribution is 2.29. The number of sulfonamides is 1. The molecule has 0 bridgehead atoms. The molecule has 0 spiro atoms. The number of benzene rings is 2. The van der Waals surface area contributed by atoms with Crippen LogP contribution in [0.25, 0.3) is 0 Å². The van der Waals surface area contributed by atoms with Crippen LogP contribution in [0.2, 0.25) is 10.0 Å². The van der Waals surface area contributed by atoms with Gasteiger partial charge in [0.05, 0.1) is 17.0 Å². The Kier molecular flexibility index (Phi) is 5.40. The van der Waals surface area contributed by atoms with Crippen molar-refractivity contribution in [1.29, 1.82) is 0 Å². The molecule has 0 fully saturated rings. The molecule has 2 aromatic rings. The summed E-state index contributed by atoms with van der Waals surface area (Å²) in [6.07, 6.45) is 0. The molecular weight excluding hydrogens is 353 g/mol. The topological polar surface area (TPSA) is 55.4 Å². The molecule has 8 heteroatoms. The molecule has 0 radical (unpaired) electrons. The van der Waals surface area contributed by atoms with Gasteiger partial charge in [-0.25, -0.2) is 8.42 Å². The Balaban J connectivity index is 2.13. The lowest BCUT2D eigenvalue weighted by Gasteiger charge is -2.08. The molecule has 2 aromatic carbocycles. The van der Waals surface area contributed by atoms with Gasteiger partial charge in [0.1, 0.15) is 5.75 Å². The van der Waals surface area contributed by atoms with Crippen LogP contribution in [0.15, 0.2) is 52.3 Å². The Morgan fingerprint density at radius 1 is 1.10 bits per heavy atom. The molecule has 0 saturated heterocycles. The maximum absolute atomic E-state index is 12.1. The van der Waals surface area contributed by atoms with Gasteiger partial charge in [0.2, 0.25) is 10.0 Å². The number of methoxy groups -OCH3 is 1. The fourth-order valence-electron chi connectivity index (χ4n) is 1.46. The van der Waals surface area contributed by atoms with E-state index in [9.17, 15) is 8.42 Å². The molecular formula is C13H11Cl2NO3S2. The largest absolute Gasteiger partial charge is 0.497 e. The number of nitrogens with one attached hydrogen (secondary N) is 1. The summed E-state index contributed by atoms with van der Waals surface area (Å²) < 4.78 is 31.7. The summed E-state index contributed by atoms with van der Waals surface area (Å²) >= 11 is 12.7. The maximum atomic E-state index is 12.1. The van der Waals surface area contributed by atoms with Crippen molar-refractivity contribution in [2.75, 3.05) is 7.11 Å². The second kappa shape index (κ2) is 6.89. The van der Waals surface area contributed by atoms with Gasteiger partial charge in [-0.3, -0.25) is 0 Å². The number of rotatable bonds is 5. The van der Waals surface area contributed by atoms with E-state index in [1.807, 2.05) is 0 Å². The summed E-state index contributed by atoms with van der Waals surface area (Å²) in [5.41, 5.74) is 0. The summed E-state index contributed by atoms with van der Waals surface area (Å²) in [6, 6.07) is 10.9. The van der Waals surface area contributed by atoms with Gasteiger partial charge < -0.3 is 4.74 Å². The van der Waals surface area contributed by atoms with Crippen LogP contribution >= 0.6 is 35.1 Å². The van der Waals surface area contributed by atoms with Crippen molar-refractivity contribution in [1.82, 2.24) is 4.13 Å². The third kappa shape index (κ3) is 4.28. The van der Waals surface area contributed by atoms with Crippen molar-refractivity contribution in [3.8, 4) is 5.75 Å². The van der Waals surface area contributed by atoms with Crippen molar-refractivity contribution < 1.29 is 13.2 Å². The van der Waals surface area contributed by atoms with E-state index in [4.69, 9.17) is 27.9 Å². The lowest BCUT2D eigenvalue weighted by Crippen LogP contribution is -2.16. The third-order valence-electron chi connectivity index (χ3n) is 2.52. The van der Waals surface area contributed by atoms with Gasteiger partial charge in [0.25, 0.3) is 0 Å². The zero-order valence-electron chi connectivity index (χ0n) is 10.8. The van der Waals surface area contributed by atoms with E-state index in [0.717, 1.165) is 11.9 Å². The first-order valence-corrected chi connectivity index (χ1v) is 8.76. The van der Waals surface area contributed by atoms with E-state index in [1.54, 1.807) is 30.3 Å². The van der Waals surface area contributed by atoms with Crippen LogP contribution in [0, 0.1) is 0 Å². The van der Waals surface area contributed by atoms with Crippen LogP contribution in [0.5, 0.6) is 5.75 Å². The number of halogens is 2. The van der Waals surface area contributed by atoms with E-state index in [0.29, 0.717) is 20.7 Å². The fourth-order valence-corrected chi connectivity index (χ4v) is 3.95. The Hall–Kier alpha value is -0.920. The molecule has 0 aliphatic carbocycles. The van der Waals surface area contributed by atoms with Gasteiger partial charge in [0, 0.05) is 9.92 Å². The van der Waals surface area contributed by atoms with Gasteiger partial charge >= 0.3 is 0 Å². The number of ether oxygens (including phenoxy) is 1.